The van der Waals surface area contributed by atoms with Crippen LogP contribution in [0.25, 0.3) is 0 Å². The van der Waals surface area contributed by atoms with Crippen LogP contribution in [-0.2, 0) is 24.3 Å². The van der Waals surface area contributed by atoms with Crippen molar-refractivity contribution in [3.8, 4) is 0 Å². The first-order valence-electron chi connectivity index (χ1n) is 8.31. The summed E-state index contributed by atoms with van der Waals surface area (Å²) in [5, 5.41) is 9.63. The Morgan fingerprint density at radius 2 is 1.79 bits per heavy atom. The maximum absolute atomic E-state index is 12.4. The number of H-pyrrole nitrogens is 1. The zero-order chi connectivity index (χ0) is 20.1. The second-order valence-corrected chi connectivity index (χ2v) is 8.10. The number of fused-ring (bicyclic) bond motifs is 1. The largest absolute Gasteiger partial charge is 0.394 e. The molecule has 11 nitrogen and oxygen atoms in total. The van der Waals surface area contributed by atoms with E-state index >= 15 is 0 Å². The van der Waals surface area contributed by atoms with Gasteiger partial charge < -0.3 is 29.1 Å². The molecule has 0 amide bonds. The molecular weight excluding hydrogens is 395 g/mol. The van der Waals surface area contributed by atoms with Crippen molar-refractivity contribution in [2.75, 3.05) is 6.61 Å². The van der Waals surface area contributed by atoms with Crippen molar-refractivity contribution in [2.24, 2.45) is 0 Å². The second kappa shape index (κ2) is 6.75. The van der Waals surface area contributed by atoms with Crippen molar-refractivity contribution in [2.45, 2.75) is 30.1 Å². The zero-order valence-corrected chi connectivity index (χ0v) is 15.1. The fourth-order valence-electron chi connectivity index (χ4n) is 3.46. The minimum absolute atomic E-state index is 0.0852. The summed E-state index contributed by atoms with van der Waals surface area (Å²) in [4.78, 5) is 45.6. The molecule has 0 bridgehead atoms. The highest BCUT2D eigenvalue weighted by Crippen LogP contribution is 2.64. The summed E-state index contributed by atoms with van der Waals surface area (Å²) in [5.41, 5.74) is -3.74. The van der Waals surface area contributed by atoms with Crippen LogP contribution in [-0.4, -0.2) is 49.4 Å². The van der Waals surface area contributed by atoms with Crippen LogP contribution in [0.3, 0.4) is 0 Å². The van der Waals surface area contributed by atoms with Crippen molar-refractivity contribution in [3.05, 3.63) is 69.0 Å². The molecule has 1 aromatic heterocycles. The van der Waals surface area contributed by atoms with E-state index in [1.807, 2.05) is 0 Å². The van der Waals surface area contributed by atoms with Crippen LogP contribution in [0.1, 0.15) is 11.8 Å². The van der Waals surface area contributed by atoms with Crippen LogP contribution in [0, 0.1) is 0 Å². The molecule has 4 N–H and O–H groups in total. The first-order chi connectivity index (χ1) is 13.3. The standard InChI is InChI=1S/C16H17N2O9P/c19-8-10-12-13(14(25-10)18-7-6-11(20)17-15(18)21)27-16(26-12,28(22,23)24)9-4-2-1-3-5-9/h1-7,10,12-14,19H,8H2,(H,17,20,21)(H2,22,23,24)/t10-,12-,13-,14-,16?/m1/s1. The summed E-state index contributed by atoms with van der Waals surface area (Å²) in [7, 11) is -5.02. The van der Waals surface area contributed by atoms with Gasteiger partial charge in [-0.25, -0.2) is 4.79 Å². The molecule has 0 radical (unpaired) electrons. The van der Waals surface area contributed by atoms with E-state index in [0.717, 1.165) is 10.6 Å². The van der Waals surface area contributed by atoms with E-state index in [0.29, 0.717) is 0 Å². The Morgan fingerprint density at radius 3 is 2.39 bits per heavy atom. The van der Waals surface area contributed by atoms with Crippen LogP contribution >= 0.6 is 7.60 Å². The molecule has 3 heterocycles. The predicted molar refractivity (Wildman–Crippen MR) is 92.2 cm³/mol. The lowest BCUT2D eigenvalue weighted by Crippen LogP contribution is -2.37. The third-order valence-corrected chi connectivity index (χ3v) is 5.94. The Bertz CT molecular complexity index is 1030. The molecule has 0 saturated carbocycles. The molecule has 1 unspecified atom stereocenters. The van der Waals surface area contributed by atoms with Crippen molar-refractivity contribution in [1.82, 2.24) is 9.55 Å². The Morgan fingerprint density at radius 1 is 1.11 bits per heavy atom. The molecule has 0 aliphatic carbocycles. The molecule has 2 aliphatic heterocycles. The summed E-state index contributed by atoms with van der Waals surface area (Å²) in [5.74, 6) is 0. The van der Waals surface area contributed by atoms with Crippen LogP contribution in [0.15, 0.2) is 52.2 Å². The van der Waals surface area contributed by atoms with Gasteiger partial charge in [0.05, 0.1) is 6.61 Å². The summed E-state index contributed by atoms with van der Waals surface area (Å²) in [6.07, 6.45) is -3.21. The van der Waals surface area contributed by atoms with Gasteiger partial charge >= 0.3 is 18.8 Å². The third kappa shape index (κ3) is 2.88. The van der Waals surface area contributed by atoms with Gasteiger partial charge in [-0.1, -0.05) is 30.3 Å². The Labute approximate surface area is 157 Å². The van der Waals surface area contributed by atoms with Gasteiger partial charge in [-0.3, -0.25) is 18.9 Å². The van der Waals surface area contributed by atoms with Crippen molar-refractivity contribution in [3.63, 3.8) is 0 Å². The number of benzene rings is 1. The molecular formula is C16H17N2O9P. The zero-order valence-electron chi connectivity index (χ0n) is 14.2. The van der Waals surface area contributed by atoms with E-state index in [4.69, 9.17) is 14.2 Å². The quantitative estimate of drug-likeness (QED) is 0.471. The summed E-state index contributed by atoms with van der Waals surface area (Å²) >= 11 is 0. The first kappa shape index (κ1) is 19.2. The smallest absolute Gasteiger partial charge is 0.389 e. The summed E-state index contributed by atoms with van der Waals surface area (Å²) < 4.78 is 30.4. The monoisotopic (exact) mass is 412 g/mol. The highest BCUT2D eigenvalue weighted by Gasteiger charge is 2.66. The molecule has 2 saturated heterocycles. The SMILES string of the molecule is O=c1ccn([C@@H]2O[C@H](CO)[C@H]3OC(c4ccccc4)(P(=O)(O)O)O[C@H]32)c(=O)[nH]1. The van der Waals surface area contributed by atoms with Crippen LogP contribution in [0.2, 0.25) is 0 Å². The lowest BCUT2D eigenvalue weighted by molar-refractivity contribution is -0.189. The molecule has 2 fully saturated rings. The molecule has 5 atom stereocenters. The predicted octanol–water partition coefficient (Wildman–Crippen LogP) is -0.802. The topological polar surface area (TPSA) is 160 Å². The number of nitrogens with one attached hydrogen (secondary N) is 1. The maximum Gasteiger partial charge on any atom is 0.389 e. The fourth-order valence-corrected chi connectivity index (χ4v) is 4.46. The number of aromatic amines is 1. The molecule has 2 aromatic rings. The molecule has 0 spiro atoms. The molecule has 4 rings (SSSR count). The number of aromatic nitrogens is 2. The summed E-state index contributed by atoms with van der Waals surface area (Å²) in [6, 6.07) is 8.77. The minimum atomic E-state index is -5.02. The number of hydrogen-bond donors (Lipinski definition) is 4. The number of aliphatic hydroxyl groups excluding tert-OH is 1. The second-order valence-electron chi connectivity index (χ2n) is 6.42. The van der Waals surface area contributed by atoms with E-state index in [1.54, 1.807) is 18.2 Å². The number of nitrogens with zero attached hydrogens (tertiary/aromatic N) is 1. The average molecular weight is 412 g/mol. The van der Waals surface area contributed by atoms with Crippen LogP contribution in [0.4, 0.5) is 0 Å². The number of hydrogen-bond acceptors (Lipinski definition) is 7. The van der Waals surface area contributed by atoms with Gasteiger partial charge in [-0.2, -0.15) is 0 Å². The van der Waals surface area contributed by atoms with Crippen molar-refractivity contribution in [1.29, 1.82) is 0 Å². The van der Waals surface area contributed by atoms with Crippen LogP contribution in [0.5, 0.6) is 0 Å². The normalized spacial score (nSPS) is 32.4. The van der Waals surface area contributed by atoms with Gasteiger partial charge in [0, 0.05) is 17.8 Å². The number of ether oxygens (including phenoxy) is 3. The Kier molecular flexibility index (Phi) is 4.63. The highest BCUT2D eigenvalue weighted by atomic mass is 31.2. The first-order valence-corrected chi connectivity index (χ1v) is 9.93. The number of aliphatic hydroxyl groups is 1. The van der Waals surface area contributed by atoms with Gasteiger partial charge in [-0.15, -0.1) is 0 Å². The molecule has 150 valence electrons. The Balaban J connectivity index is 1.80. The molecule has 12 heteroatoms. The molecule has 2 aliphatic rings. The molecule has 1 aromatic carbocycles. The van der Waals surface area contributed by atoms with Gasteiger partial charge in [0.25, 0.3) is 5.56 Å². The fraction of sp³-hybridized carbons (Fsp3) is 0.375. The highest BCUT2D eigenvalue weighted by molar-refractivity contribution is 7.52. The third-order valence-electron chi connectivity index (χ3n) is 4.70. The van der Waals surface area contributed by atoms with Crippen molar-refractivity contribution >= 4 is 7.60 Å². The number of rotatable bonds is 4. The van der Waals surface area contributed by atoms with Gasteiger partial charge in [0.15, 0.2) is 6.23 Å². The minimum Gasteiger partial charge on any atom is -0.394 e. The molecule has 28 heavy (non-hydrogen) atoms. The van der Waals surface area contributed by atoms with E-state index in [1.165, 1.54) is 18.3 Å². The van der Waals surface area contributed by atoms with Crippen LogP contribution < -0.4 is 11.2 Å². The summed E-state index contributed by atoms with van der Waals surface area (Å²) in [6.45, 7) is -0.537. The van der Waals surface area contributed by atoms with Gasteiger partial charge in [0.1, 0.15) is 18.3 Å². The van der Waals surface area contributed by atoms with E-state index in [-0.39, 0.29) is 5.56 Å². The van der Waals surface area contributed by atoms with E-state index in [2.05, 4.69) is 4.98 Å². The van der Waals surface area contributed by atoms with Gasteiger partial charge in [-0.05, 0) is 0 Å². The van der Waals surface area contributed by atoms with Gasteiger partial charge in [0.2, 0.25) is 0 Å². The Hall–Kier alpha value is -2.11. The lowest BCUT2D eigenvalue weighted by Gasteiger charge is -2.31. The maximum atomic E-state index is 12.4. The lowest BCUT2D eigenvalue weighted by atomic mass is 10.1. The average Bonchev–Trinajstić information content (AvgIpc) is 3.19. The van der Waals surface area contributed by atoms with E-state index < -0.39 is 55.5 Å². The van der Waals surface area contributed by atoms with E-state index in [9.17, 15) is 29.0 Å². The van der Waals surface area contributed by atoms with Crippen molar-refractivity contribution < 1.29 is 33.7 Å².